The Morgan fingerprint density at radius 2 is 2.25 bits per heavy atom. The van der Waals surface area contributed by atoms with Crippen LogP contribution in [0.3, 0.4) is 0 Å². The van der Waals surface area contributed by atoms with Crippen LogP contribution in [-0.2, 0) is 0 Å². The van der Waals surface area contributed by atoms with Gasteiger partial charge in [0.05, 0.1) is 6.10 Å². The maximum Gasteiger partial charge on any atom is 0.0693 e. The molecule has 0 spiro atoms. The van der Waals surface area contributed by atoms with Crippen LogP contribution in [0.4, 0.5) is 0 Å². The summed E-state index contributed by atoms with van der Waals surface area (Å²) in [5.41, 5.74) is 1.18. The molecule has 2 rings (SSSR count). The molecule has 2 N–H and O–H groups in total. The molecule has 1 aliphatic rings. The van der Waals surface area contributed by atoms with Gasteiger partial charge < -0.3 is 10.4 Å². The van der Waals surface area contributed by atoms with Gasteiger partial charge in [-0.25, -0.2) is 0 Å². The van der Waals surface area contributed by atoms with E-state index in [1.165, 1.54) is 12.0 Å². The highest BCUT2D eigenvalue weighted by atomic mass is 16.3. The second-order valence-corrected chi connectivity index (χ2v) is 4.63. The lowest BCUT2D eigenvalue weighted by Crippen LogP contribution is -2.43. The Morgan fingerprint density at radius 1 is 1.44 bits per heavy atom. The first-order valence-corrected chi connectivity index (χ1v) is 6.11. The van der Waals surface area contributed by atoms with Crippen molar-refractivity contribution in [3.8, 4) is 0 Å². The molecule has 0 radical (unpaired) electrons. The molecule has 3 nitrogen and oxygen atoms in total. The minimum Gasteiger partial charge on any atom is -0.392 e. The lowest BCUT2D eigenvalue weighted by Gasteiger charge is -2.31. The fraction of sp³-hybridized carbons (Fsp3) is 0.615. The van der Waals surface area contributed by atoms with Gasteiger partial charge in [-0.1, -0.05) is 18.9 Å². The monoisotopic (exact) mass is 220 g/mol. The highest BCUT2D eigenvalue weighted by Crippen LogP contribution is 2.21. The number of pyridine rings is 1. The minimum absolute atomic E-state index is 0.187. The molecule has 0 aliphatic heterocycles. The summed E-state index contributed by atoms with van der Waals surface area (Å²) in [5, 5.41) is 13.4. The van der Waals surface area contributed by atoms with Gasteiger partial charge in [0.2, 0.25) is 0 Å². The lowest BCUT2D eigenvalue weighted by atomic mass is 9.91. The van der Waals surface area contributed by atoms with E-state index in [4.69, 9.17) is 0 Å². The number of rotatable bonds is 3. The average Bonchev–Trinajstić information content (AvgIpc) is 2.33. The van der Waals surface area contributed by atoms with Crippen molar-refractivity contribution in [3.05, 3.63) is 30.1 Å². The topological polar surface area (TPSA) is 45.1 Å². The van der Waals surface area contributed by atoms with E-state index in [1.807, 2.05) is 12.3 Å². The standard InChI is InChI=1S/C13H20N2O/c1-10(11-5-4-8-14-9-11)15-12-6-2-3-7-13(12)16/h4-5,8-10,12-13,15-16H,2-3,6-7H2,1H3/t10-,12-,13-/m1/s1. The van der Waals surface area contributed by atoms with Crippen molar-refractivity contribution in [2.24, 2.45) is 0 Å². The van der Waals surface area contributed by atoms with Gasteiger partial charge in [-0.3, -0.25) is 4.98 Å². The van der Waals surface area contributed by atoms with Crippen LogP contribution < -0.4 is 5.32 Å². The van der Waals surface area contributed by atoms with E-state index in [1.54, 1.807) is 6.20 Å². The number of aliphatic hydroxyl groups is 1. The van der Waals surface area contributed by atoms with E-state index in [0.717, 1.165) is 19.3 Å². The molecule has 0 amide bonds. The number of aliphatic hydroxyl groups excluding tert-OH is 1. The van der Waals surface area contributed by atoms with E-state index in [2.05, 4.69) is 23.3 Å². The first kappa shape index (κ1) is 11.6. The molecule has 1 fully saturated rings. The van der Waals surface area contributed by atoms with E-state index >= 15 is 0 Å². The van der Waals surface area contributed by atoms with E-state index < -0.39 is 0 Å². The van der Waals surface area contributed by atoms with Crippen LogP contribution >= 0.6 is 0 Å². The van der Waals surface area contributed by atoms with Crippen LogP contribution in [0.25, 0.3) is 0 Å². The Morgan fingerprint density at radius 3 is 2.94 bits per heavy atom. The Kier molecular flexibility index (Phi) is 3.91. The van der Waals surface area contributed by atoms with Gasteiger partial charge in [-0.2, -0.15) is 0 Å². The fourth-order valence-electron chi connectivity index (χ4n) is 2.36. The van der Waals surface area contributed by atoms with Crippen molar-refractivity contribution in [1.29, 1.82) is 0 Å². The van der Waals surface area contributed by atoms with E-state index in [-0.39, 0.29) is 18.2 Å². The summed E-state index contributed by atoms with van der Waals surface area (Å²) in [7, 11) is 0. The van der Waals surface area contributed by atoms with Gasteiger partial charge in [0, 0.05) is 24.5 Å². The molecule has 1 aromatic rings. The average molecular weight is 220 g/mol. The Bertz CT molecular complexity index is 315. The summed E-state index contributed by atoms with van der Waals surface area (Å²) in [6.45, 7) is 2.12. The van der Waals surface area contributed by atoms with Crippen molar-refractivity contribution in [3.63, 3.8) is 0 Å². The Labute approximate surface area is 96.9 Å². The van der Waals surface area contributed by atoms with Crippen molar-refractivity contribution < 1.29 is 5.11 Å². The molecule has 16 heavy (non-hydrogen) atoms. The fourth-order valence-corrected chi connectivity index (χ4v) is 2.36. The molecule has 1 aromatic heterocycles. The van der Waals surface area contributed by atoms with E-state index in [9.17, 15) is 5.11 Å². The maximum atomic E-state index is 9.89. The zero-order valence-electron chi connectivity index (χ0n) is 9.76. The number of aromatic nitrogens is 1. The molecule has 1 saturated carbocycles. The molecule has 0 unspecified atom stereocenters. The van der Waals surface area contributed by atoms with Crippen LogP contribution in [0.1, 0.15) is 44.2 Å². The van der Waals surface area contributed by atoms with Crippen molar-refractivity contribution in [1.82, 2.24) is 10.3 Å². The Hall–Kier alpha value is -0.930. The third-order valence-electron chi connectivity index (χ3n) is 3.38. The van der Waals surface area contributed by atoms with Gasteiger partial charge in [0.1, 0.15) is 0 Å². The zero-order chi connectivity index (χ0) is 11.4. The highest BCUT2D eigenvalue weighted by Gasteiger charge is 2.24. The van der Waals surface area contributed by atoms with Crippen LogP contribution in [0.15, 0.2) is 24.5 Å². The molecule has 3 heteroatoms. The maximum absolute atomic E-state index is 9.89. The minimum atomic E-state index is -0.187. The molecule has 0 bridgehead atoms. The van der Waals surface area contributed by atoms with Crippen molar-refractivity contribution in [2.75, 3.05) is 0 Å². The van der Waals surface area contributed by atoms with Gasteiger partial charge in [0.15, 0.2) is 0 Å². The predicted molar refractivity (Wildman–Crippen MR) is 64.1 cm³/mol. The van der Waals surface area contributed by atoms with Gasteiger partial charge >= 0.3 is 0 Å². The van der Waals surface area contributed by atoms with Crippen LogP contribution in [-0.4, -0.2) is 22.2 Å². The van der Waals surface area contributed by atoms with Gasteiger partial charge in [-0.15, -0.1) is 0 Å². The number of hydrogen-bond donors (Lipinski definition) is 2. The SMILES string of the molecule is C[C@@H](N[C@@H]1CCCC[C@H]1O)c1cccnc1. The lowest BCUT2D eigenvalue weighted by molar-refractivity contribution is 0.0859. The molecule has 88 valence electrons. The van der Waals surface area contributed by atoms with Crippen molar-refractivity contribution >= 4 is 0 Å². The molecule has 3 atom stereocenters. The second-order valence-electron chi connectivity index (χ2n) is 4.63. The summed E-state index contributed by atoms with van der Waals surface area (Å²) in [6.07, 6.45) is 7.85. The first-order valence-electron chi connectivity index (χ1n) is 6.11. The van der Waals surface area contributed by atoms with Crippen LogP contribution in [0.5, 0.6) is 0 Å². The highest BCUT2D eigenvalue weighted by molar-refractivity contribution is 5.13. The summed E-state index contributed by atoms with van der Waals surface area (Å²) in [6, 6.07) is 4.51. The molecular weight excluding hydrogens is 200 g/mol. The molecule has 1 heterocycles. The molecule has 0 saturated heterocycles. The molecular formula is C13H20N2O. The van der Waals surface area contributed by atoms with Gasteiger partial charge in [-0.05, 0) is 31.4 Å². The third kappa shape index (κ3) is 2.80. The number of hydrogen-bond acceptors (Lipinski definition) is 3. The summed E-state index contributed by atoms with van der Waals surface area (Å²) in [4.78, 5) is 4.12. The predicted octanol–water partition coefficient (Wildman–Crippen LogP) is 2.04. The van der Waals surface area contributed by atoms with E-state index in [0.29, 0.717) is 0 Å². The first-order chi connectivity index (χ1) is 7.77. The second kappa shape index (κ2) is 5.41. The number of nitrogens with one attached hydrogen (secondary N) is 1. The number of nitrogens with zero attached hydrogens (tertiary/aromatic N) is 1. The van der Waals surface area contributed by atoms with Crippen LogP contribution in [0.2, 0.25) is 0 Å². The molecule has 0 aromatic carbocycles. The summed E-state index contributed by atoms with van der Waals surface area (Å²) >= 11 is 0. The summed E-state index contributed by atoms with van der Waals surface area (Å²) < 4.78 is 0. The largest absolute Gasteiger partial charge is 0.392 e. The van der Waals surface area contributed by atoms with Gasteiger partial charge in [0.25, 0.3) is 0 Å². The zero-order valence-corrected chi connectivity index (χ0v) is 9.76. The molecule has 1 aliphatic carbocycles. The van der Waals surface area contributed by atoms with Crippen molar-refractivity contribution in [2.45, 2.75) is 50.8 Å². The van der Waals surface area contributed by atoms with Crippen LogP contribution in [0, 0.1) is 0 Å². The summed E-state index contributed by atoms with van der Waals surface area (Å²) in [5.74, 6) is 0. The normalized spacial score (nSPS) is 27.6. The Balaban J connectivity index is 1.94. The quantitative estimate of drug-likeness (QED) is 0.819. The smallest absolute Gasteiger partial charge is 0.0693 e. The third-order valence-corrected chi connectivity index (χ3v) is 3.38.